The summed E-state index contributed by atoms with van der Waals surface area (Å²) < 4.78 is 2.44. The molecule has 0 spiro atoms. The van der Waals surface area contributed by atoms with Gasteiger partial charge in [0.2, 0.25) is 0 Å². The monoisotopic (exact) mass is 227 g/mol. The molecule has 0 fully saturated rings. The number of nitrogens with zero attached hydrogens (tertiary/aromatic N) is 2. The Morgan fingerprint density at radius 3 is 2.62 bits per heavy atom. The van der Waals surface area contributed by atoms with E-state index in [0.29, 0.717) is 6.54 Å². The van der Waals surface area contributed by atoms with E-state index >= 15 is 0 Å². The smallest absolute Gasteiger partial charge is 0.331 e. The second-order valence-electron chi connectivity index (χ2n) is 3.86. The van der Waals surface area contributed by atoms with E-state index in [0.717, 1.165) is 4.57 Å². The molecule has 6 nitrogen and oxygen atoms in total. The number of anilines is 1. The van der Waals surface area contributed by atoms with E-state index in [9.17, 15) is 9.59 Å². The van der Waals surface area contributed by atoms with E-state index in [2.05, 4.69) is 0 Å². The quantitative estimate of drug-likeness (QED) is 0.707. The van der Waals surface area contributed by atoms with Gasteiger partial charge in [0.15, 0.2) is 0 Å². The first-order chi connectivity index (χ1) is 7.51. The Balaban J connectivity index is 3.31. The van der Waals surface area contributed by atoms with Crippen molar-refractivity contribution in [3.8, 4) is 0 Å². The minimum absolute atomic E-state index is 0.0478. The van der Waals surface area contributed by atoms with Crippen molar-refractivity contribution in [3.63, 3.8) is 0 Å². The summed E-state index contributed by atoms with van der Waals surface area (Å²) in [4.78, 5) is 23.5. The predicted octanol–water partition coefficient (Wildman–Crippen LogP) is -0.759. The van der Waals surface area contributed by atoms with Crippen LogP contribution >= 0.6 is 0 Å². The summed E-state index contributed by atoms with van der Waals surface area (Å²) in [7, 11) is 0. The van der Waals surface area contributed by atoms with Gasteiger partial charge < -0.3 is 10.8 Å². The van der Waals surface area contributed by atoms with Gasteiger partial charge >= 0.3 is 5.69 Å². The molecule has 1 aromatic heterocycles. The molecular formula is C10H17N3O3. The number of aryl methyl sites for hydroxylation is 1. The molecule has 1 rings (SSSR count). The zero-order valence-corrected chi connectivity index (χ0v) is 9.51. The Kier molecular flexibility index (Phi) is 3.89. The number of hydrogen-bond acceptors (Lipinski definition) is 4. The molecule has 0 aliphatic rings. The van der Waals surface area contributed by atoms with E-state index in [1.165, 1.54) is 10.8 Å². The summed E-state index contributed by atoms with van der Waals surface area (Å²) in [6, 6.07) is 0. The van der Waals surface area contributed by atoms with Crippen LogP contribution in [0, 0.1) is 5.92 Å². The molecule has 0 bridgehead atoms. The van der Waals surface area contributed by atoms with Crippen molar-refractivity contribution < 1.29 is 5.11 Å². The molecule has 1 unspecified atom stereocenters. The molecule has 0 saturated carbocycles. The van der Waals surface area contributed by atoms with Gasteiger partial charge in [0.1, 0.15) is 5.69 Å². The Hall–Kier alpha value is -1.56. The van der Waals surface area contributed by atoms with Gasteiger partial charge in [0, 0.05) is 25.9 Å². The third-order valence-electron chi connectivity index (χ3n) is 2.41. The molecule has 1 aromatic rings. The summed E-state index contributed by atoms with van der Waals surface area (Å²) in [5, 5.41) is 8.92. The van der Waals surface area contributed by atoms with Gasteiger partial charge in [0.25, 0.3) is 5.56 Å². The van der Waals surface area contributed by atoms with Crippen molar-refractivity contribution in [2.75, 3.05) is 12.3 Å². The normalized spacial score (nSPS) is 12.7. The maximum absolute atomic E-state index is 11.8. The second kappa shape index (κ2) is 4.98. The van der Waals surface area contributed by atoms with Crippen LogP contribution in [0.1, 0.15) is 13.8 Å². The SMILES string of the molecule is CCn1cc(N)c(=O)n(CC(C)CO)c1=O. The van der Waals surface area contributed by atoms with Crippen LogP contribution in [-0.2, 0) is 13.1 Å². The summed E-state index contributed by atoms with van der Waals surface area (Å²) in [6.07, 6.45) is 1.35. The van der Waals surface area contributed by atoms with Gasteiger partial charge in [-0.15, -0.1) is 0 Å². The number of nitrogen functional groups attached to an aromatic ring is 1. The van der Waals surface area contributed by atoms with Crippen molar-refractivity contribution in [3.05, 3.63) is 27.0 Å². The third-order valence-corrected chi connectivity index (χ3v) is 2.41. The fourth-order valence-corrected chi connectivity index (χ4v) is 1.43. The predicted molar refractivity (Wildman–Crippen MR) is 61.3 cm³/mol. The van der Waals surface area contributed by atoms with Crippen LogP contribution in [0.2, 0.25) is 0 Å². The zero-order chi connectivity index (χ0) is 12.3. The largest absolute Gasteiger partial charge is 0.396 e. The summed E-state index contributed by atoms with van der Waals surface area (Å²) in [5.74, 6) is -0.155. The molecule has 16 heavy (non-hydrogen) atoms. The number of aromatic nitrogens is 2. The first-order valence-corrected chi connectivity index (χ1v) is 5.21. The average molecular weight is 227 g/mol. The van der Waals surface area contributed by atoms with Gasteiger partial charge in [-0.25, -0.2) is 4.79 Å². The molecule has 90 valence electrons. The Morgan fingerprint density at radius 1 is 1.50 bits per heavy atom. The van der Waals surface area contributed by atoms with Gasteiger partial charge in [-0.3, -0.25) is 13.9 Å². The maximum atomic E-state index is 11.8. The van der Waals surface area contributed by atoms with Gasteiger partial charge in [-0.05, 0) is 12.8 Å². The first-order valence-electron chi connectivity index (χ1n) is 5.21. The van der Waals surface area contributed by atoms with Crippen LogP contribution in [0.15, 0.2) is 15.8 Å². The highest BCUT2D eigenvalue weighted by molar-refractivity contribution is 5.30. The molecule has 0 saturated heterocycles. The van der Waals surface area contributed by atoms with Crippen molar-refractivity contribution >= 4 is 5.69 Å². The summed E-state index contributed by atoms with van der Waals surface area (Å²) >= 11 is 0. The van der Waals surface area contributed by atoms with Gasteiger partial charge in [-0.1, -0.05) is 6.92 Å². The lowest BCUT2D eigenvalue weighted by molar-refractivity contribution is 0.219. The van der Waals surface area contributed by atoms with Crippen molar-refractivity contribution in [1.82, 2.24) is 9.13 Å². The molecular weight excluding hydrogens is 210 g/mol. The minimum atomic E-state index is -0.491. The fraction of sp³-hybridized carbons (Fsp3) is 0.600. The molecule has 0 aliphatic carbocycles. The molecule has 1 atom stereocenters. The highest BCUT2D eigenvalue weighted by Gasteiger charge is 2.11. The topological polar surface area (TPSA) is 90.2 Å². The zero-order valence-electron chi connectivity index (χ0n) is 9.51. The van der Waals surface area contributed by atoms with Crippen LogP contribution in [-0.4, -0.2) is 20.8 Å². The number of hydrogen-bond donors (Lipinski definition) is 2. The van der Waals surface area contributed by atoms with Crippen LogP contribution in [0.3, 0.4) is 0 Å². The highest BCUT2D eigenvalue weighted by atomic mass is 16.3. The first kappa shape index (κ1) is 12.5. The number of rotatable bonds is 4. The van der Waals surface area contributed by atoms with E-state index in [1.807, 2.05) is 0 Å². The van der Waals surface area contributed by atoms with Crippen LogP contribution in [0.5, 0.6) is 0 Å². The minimum Gasteiger partial charge on any atom is -0.396 e. The molecule has 0 aromatic carbocycles. The molecule has 0 radical (unpaired) electrons. The Morgan fingerprint density at radius 2 is 2.12 bits per heavy atom. The van der Waals surface area contributed by atoms with Crippen LogP contribution < -0.4 is 17.0 Å². The highest BCUT2D eigenvalue weighted by Crippen LogP contribution is 1.96. The van der Waals surface area contributed by atoms with E-state index in [1.54, 1.807) is 13.8 Å². The average Bonchev–Trinajstić information content (AvgIpc) is 2.28. The molecule has 1 heterocycles. The van der Waals surface area contributed by atoms with Crippen molar-refractivity contribution in [1.29, 1.82) is 0 Å². The number of nitrogens with two attached hydrogens (primary N) is 1. The second-order valence-corrected chi connectivity index (χ2v) is 3.86. The summed E-state index contributed by atoms with van der Waals surface area (Å²) in [5.41, 5.74) is 4.70. The van der Waals surface area contributed by atoms with Crippen LogP contribution in [0.4, 0.5) is 5.69 Å². The lowest BCUT2D eigenvalue weighted by Crippen LogP contribution is -2.42. The molecule has 6 heteroatoms. The maximum Gasteiger partial charge on any atom is 0.331 e. The fourth-order valence-electron chi connectivity index (χ4n) is 1.43. The van der Waals surface area contributed by atoms with E-state index in [-0.39, 0.29) is 30.4 Å². The van der Waals surface area contributed by atoms with E-state index < -0.39 is 5.56 Å². The molecule has 0 aliphatic heterocycles. The number of aliphatic hydroxyl groups excluding tert-OH is 1. The lowest BCUT2D eigenvalue weighted by Gasteiger charge is -2.12. The Bertz CT molecular complexity index is 475. The van der Waals surface area contributed by atoms with Crippen molar-refractivity contribution in [2.45, 2.75) is 26.9 Å². The van der Waals surface area contributed by atoms with Gasteiger partial charge in [0.05, 0.1) is 0 Å². The lowest BCUT2D eigenvalue weighted by atomic mass is 10.2. The van der Waals surface area contributed by atoms with E-state index in [4.69, 9.17) is 10.8 Å². The standard InChI is InChI=1S/C10H17N3O3/c1-3-12-5-8(11)9(15)13(10(12)16)4-7(2)6-14/h5,7,14H,3-4,6,11H2,1-2H3. The van der Waals surface area contributed by atoms with Crippen molar-refractivity contribution in [2.24, 2.45) is 5.92 Å². The molecule has 0 amide bonds. The molecule has 3 N–H and O–H groups in total. The Labute approximate surface area is 92.9 Å². The van der Waals surface area contributed by atoms with Gasteiger partial charge in [-0.2, -0.15) is 0 Å². The number of aliphatic hydroxyl groups is 1. The summed E-state index contributed by atoms with van der Waals surface area (Å²) in [6.45, 7) is 4.11. The van der Waals surface area contributed by atoms with Crippen LogP contribution in [0.25, 0.3) is 0 Å². The third kappa shape index (κ3) is 2.33.